The van der Waals surface area contributed by atoms with E-state index in [2.05, 4.69) is 42.6 Å². The normalized spacial score (nSPS) is 9.45. The maximum Gasteiger partial charge on any atom is 0.237 e. The van der Waals surface area contributed by atoms with E-state index in [9.17, 15) is 0 Å². The number of hydrogen-bond acceptors (Lipinski definition) is 5. The third-order valence-electron chi connectivity index (χ3n) is 2.94. The zero-order valence-corrected chi connectivity index (χ0v) is 13.1. The van der Waals surface area contributed by atoms with Gasteiger partial charge < -0.3 is 0 Å². The summed E-state index contributed by atoms with van der Waals surface area (Å²) < 4.78 is 0. The first-order valence-corrected chi connectivity index (χ1v) is 7.43. The number of hydrogen-bond donors (Lipinski definition) is 1. The molecule has 2 aromatic carbocycles. The van der Waals surface area contributed by atoms with E-state index < -0.39 is 0 Å². The molecule has 0 aliphatic heterocycles. The number of rotatable bonds is 4. The molecule has 5 heteroatoms. The van der Waals surface area contributed by atoms with Gasteiger partial charge in [0, 0.05) is 9.79 Å². The summed E-state index contributed by atoms with van der Waals surface area (Å²) in [6.45, 7) is 4.14. The highest BCUT2D eigenvalue weighted by Crippen LogP contribution is 2.35. The third-order valence-corrected chi connectivity index (χ3v) is 4.19. The van der Waals surface area contributed by atoms with Gasteiger partial charge in [-0.05, 0) is 37.6 Å². The monoisotopic (exact) mass is 306 g/mol. The fourth-order valence-electron chi connectivity index (χ4n) is 1.87. The van der Waals surface area contributed by atoms with Gasteiger partial charge in [0.05, 0.1) is 5.69 Å². The number of aryl methyl sites for hydroxylation is 2. The van der Waals surface area contributed by atoms with Gasteiger partial charge in [-0.1, -0.05) is 41.6 Å². The number of nitrogens with one attached hydrogen (secondary N) is 1. The summed E-state index contributed by atoms with van der Waals surface area (Å²) in [7, 11) is 0. The summed E-state index contributed by atoms with van der Waals surface area (Å²) >= 11 is 1.62. The van der Waals surface area contributed by atoms with Crippen LogP contribution in [0.4, 0.5) is 5.69 Å². The van der Waals surface area contributed by atoms with Gasteiger partial charge in [0.2, 0.25) is 5.71 Å². The van der Waals surface area contributed by atoms with Crippen LogP contribution < -0.4 is 5.43 Å². The summed E-state index contributed by atoms with van der Waals surface area (Å²) in [5, 5.41) is 21.2. The zero-order valence-electron chi connectivity index (χ0n) is 12.3. The Kier molecular flexibility index (Phi) is 5.19. The minimum absolute atomic E-state index is 0.202. The molecule has 0 fully saturated rings. The fraction of sp³-hybridized carbons (Fsp3) is 0.118. The van der Waals surface area contributed by atoms with Crippen LogP contribution in [-0.2, 0) is 0 Å². The van der Waals surface area contributed by atoms with Crippen molar-refractivity contribution in [2.24, 2.45) is 5.10 Å². The molecule has 2 aromatic rings. The Morgan fingerprint density at radius 3 is 2.45 bits per heavy atom. The van der Waals surface area contributed by atoms with Crippen molar-refractivity contribution in [3.63, 3.8) is 0 Å². The van der Waals surface area contributed by atoms with Crippen LogP contribution in [-0.4, -0.2) is 5.71 Å². The minimum Gasteiger partial charge on any atom is -0.275 e. The van der Waals surface area contributed by atoms with Gasteiger partial charge in [0.1, 0.15) is 12.1 Å². The molecule has 0 bridgehead atoms. The molecular formula is C17H14N4S. The summed E-state index contributed by atoms with van der Waals surface area (Å²) in [5.74, 6) is 0. The predicted molar refractivity (Wildman–Crippen MR) is 88.8 cm³/mol. The maximum absolute atomic E-state index is 8.72. The van der Waals surface area contributed by atoms with Gasteiger partial charge >= 0.3 is 0 Å². The molecule has 22 heavy (non-hydrogen) atoms. The van der Waals surface area contributed by atoms with E-state index in [0.717, 1.165) is 15.5 Å². The molecule has 4 nitrogen and oxygen atoms in total. The van der Waals surface area contributed by atoms with Crippen LogP contribution in [0.1, 0.15) is 11.1 Å². The molecular weight excluding hydrogens is 292 g/mol. The smallest absolute Gasteiger partial charge is 0.237 e. The van der Waals surface area contributed by atoms with Crippen LogP contribution in [0.15, 0.2) is 57.4 Å². The Morgan fingerprint density at radius 2 is 1.77 bits per heavy atom. The summed E-state index contributed by atoms with van der Waals surface area (Å²) in [4.78, 5) is 2.14. The predicted octanol–water partition coefficient (Wildman–Crippen LogP) is 4.27. The topological polar surface area (TPSA) is 72.0 Å². The highest BCUT2D eigenvalue weighted by Gasteiger charge is 2.06. The Balaban J connectivity index is 2.27. The fourth-order valence-corrected chi connectivity index (χ4v) is 2.83. The second-order valence-electron chi connectivity index (χ2n) is 4.66. The molecule has 108 valence electrons. The molecule has 1 N–H and O–H groups in total. The molecule has 0 aliphatic carbocycles. The van der Waals surface area contributed by atoms with Crippen molar-refractivity contribution in [2.45, 2.75) is 23.6 Å². The highest BCUT2D eigenvalue weighted by molar-refractivity contribution is 7.99. The molecule has 0 amide bonds. The second-order valence-corrected chi connectivity index (χ2v) is 5.75. The summed E-state index contributed by atoms with van der Waals surface area (Å²) in [5.41, 5.74) is 5.78. The van der Waals surface area contributed by atoms with Crippen LogP contribution in [0, 0.1) is 36.5 Å². The van der Waals surface area contributed by atoms with Gasteiger partial charge in [0.15, 0.2) is 0 Å². The molecule has 0 spiro atoms. The second kappa shape index (κ2) is 7.31. The zero-order chi connectivity index (χ0) is 15.9. The van der Waals surface area contributed by atoms with Crippen molar-refractivity contribution in [3.05, 3.63) is 53.6 Å². The number of hydrazone groups is 1. The van der Waals surface area contributed by atoms with E-state index in [1.165, 1.54) is 11.1 Å². The molecule has 0 radical (unpaired) electrons. The largest absolute Gasteiger partial charge is 0.275 e. The van der Waals surface area contributed by atoms with E-state index >= 15 is 0 Å². The van der Waals surface area contributed by atoms with Gasteiger partial charge in [-0.2, -0.15) is 15.6 Å². The Morgan fingerprint density at radius 1 is 1.05 bits per heavy atom. The molecule has 0 aliphatic rings. The lowest BCUT2D eigenvalue weighted by Crippen LogP contribution is -1.97. The van der Waals surface area contributed by atoms with E-state index in [1.807, 2.05) is 24.3 Å². The molecule has 2 rings (SSSR count). The first kappa shape index (κ1) is 15.6. The van der Waals surface area contributed by atoms with Crippen LogP contribution >= 0.6 is 11.8 Å². The average molecular weight is 306 g/mol. The Labute approximate surface area is 134 Å². The maximum atomic E-state index is 8.72. The molecule has 0 saturated carbocycles. The van der Waals surface area contributed by atoms with Gasteiger partial charge in [-0.3, -0.25) is 5.43 Å². The number of nitrogens with zero attached hydrogens (tertiary/aromatic N) is 3. The van der Waals surface area contributed by atoms with Gasteiger partial charge in [0.25, 0.3) is 0 Å². The molecule has 0 saturated heterocycles. The van der Waals surface area contributed by atoms with E-state index in [0.29, 0.717) is 0 Å². The molecule has 0 atom stereocenters. The van der Waals surface area contributed by atoms with E-state index in [-0.39, 0.29) is 5.71 Å². The van der Waals surface area contributed by atoms with Gasteiger partial charge in [-0.25, -0.2) is 0 Å². The third kappa shape index (κ3) is 3.88. The van der Waals surface area contributed by atoms with Crippen molar-refractivity contribution in [3.8, 4) is 12.1 Å². The number of nitriles is 2. The summed E-state index contributed by atoms with van der Waals surface area (Å²) in [6, 6.07) is 17.4. The molecule has 0 heterocycles. The van der Waals surface area contributed by atoms with E-state index in [4.69, 9.17) is 10.5 Å². The van der Waals surface area contributed by atoms with Crippen molar-refractivity contribution in [1.82, 2.24) is 0 Å². The SMILES string of the molecule is Cc1ccc(Sc2ccccc2NN=C(C#N)C#N)c(C)c1. The minimum atomic E-state index is -0.202. The lowest BCUT2D eigenvalue weighted by Gasteiger charge is -2.10. The summed E-state index contributed by atoms with van der Waals surface area (Å²) in [6.07, 6.45) is 0. The first-order chi connectivity index (χ1) is 10.6. The number of benzene rings is 2. The van der Waals surface area contributed by atoms with Crippen LogP contribution in [0.5, 0.6) is 0 Å². The van der Waals surface area contributed by atoms with Crippen LogP contribution in [0.2, 0.25) is 0 Å². The number of para-hydroxylation sites is 1. The Bertz CT molecular complexity index is 781. The van der Waals surface area contributed by atoms with Crippen molar-refractivity contribution >= 4 is 23.2 Å². The van der Waals surface area contributed by atoms with Crippen molar-refractivity contribution < 1.29 is 0 Å². The lowest BCUT2D eigenvalue weighted by atomic mass is 10.2. The van der Waals surface area contributed by atoms with Gasteiger partial charge in [-0.15, -0.1) is 0 Å². The first-order valence-electron chi connectivity index (χ1n) is 6.62. The number of anilines is 1. The highest BCUT2D eigenvalue weighted by atomic mass is 32.2. The standard InChI is InChI=1S/C17H14N4S/c1-12-7-8-16(13(2)9-12)22-17-6-4-3-5-15(17)21-20-14(10-18)11-19/h3-9,21H,1-2H3. The van der Waals surface area contributed by atoms with Crippen molar-refractivity contribution in [2.75, 3.05) is 5.43 Å². The quantitative estimate of drug-likeness (QED) is 0.676. The molecule has 0 aromatic heterocycles. The Hall–Kier alpha value is -2.76. The molecule has 0 unspecified atom stereocenters. The van der Waals surface area contributed by atoms with Crippen molar-refractivity contribution in [1.29, 1.82) is 10.5 Å². The van der Waals surface area contributed by atoms with Crippen LogP contribution in [0.3, 0.4) is 0 Å². The van der Waals surface area contributed by atoms with Crippen LogP contribution in [0.25, 0.3) is 0 Å². The van der Waals surface area contributed by atoms with E-state index in [1.54, 1.807) is 23.9 Å². The lowest BCUT2D eigenvalue weighted by molar-refractivity contribution is 1.24. The average Bonchev–Trinajstić information content (AvgIpc) is 2.52.